The third-order valence-electron chi connectivity index (χ3n) is 4.33. The number of nitrogens with zero attached hydrogens (tertiary/aromatic N) is 2. The molecule has 5 heteroatoms. The SMILES string of the molecule is C[C@H]1CCCN1C(=O)C1=NO[C@@]2(CCCNC2)C1. The minimum absolute atomic E-state index is 0.0856. The fourth-order valence-corrected chi connectivity index (χ4v) is 3.21. The Morgan fingerprint density at radius 2 is 2.44 bits per heavy atom. The molecule has 0 saturated carbocycles. The first kappa shape index (κ1) is 12.0. The second kappa shape index (κ2) is 4.53. The van der Waals surface area contributed by atoms with Crippen LogP contribution in [0.15, 0.2) is 5.16 Å². The third-order valence-corrected chi connectivity index (χ3v) is 4.33. The normalized spacial score (nSPS) is 35.7. The van der Waals surface area contributed by atoms with E-state index in [0.29, 0.717) is 18.2 Å². The lowest BCUT2D eigenvalue weighted by Crippen LogP contribution is -2.47. The van der Waals surface area contributed by atoms with Gasteiger partial charge in [0.25, 0.3) is 5.91 Å². The summed E-state index contributed by atoms with van der Waals surface area (Å²) in [6.45, 7) is 4.82. The van der Waals surface area contributed by atoms with E-state index in [1.807, 2.05) is 4.90 Å². The van der Waals surface area contributed by atoms with Crippen molar-refractivity contribution in [3.8, 4) is 0 Å². The van der Waals surface area contributed by atoms with E-state index in [1.54, 1.807) is 0 Å². The number of hydrogen-bond acceptors (Lipinski definition) is 4. The summed E-state index contributed by atoms with van der Waals surface area (Å²) in [6.07, 6.45) is 4.97. The number of carbonyl (C=O) groups is 1. The van der Waals surface area contributed by atoms with Gasteiger partial charge in [0.05, 0.1) is 0 Å². The zero-order valence-corrected chi connectivity index (χ0v) is 10.9. The largest absolute Gasteiger partial charge is 0.387 e. The van der Waals surface area contributed by atoms with E-state index in [1.165, 1.54) is 0 Å². The molecule has 1 spiro atoms. The molecule has 2 saturated heterocycles. The standard InChI is InChI=1S/C13H21N3O2/c1-10-4-2-7-16(10)12(17)11-8-13(18-15-11)5-3-6-14-9-13/h10,14H,2-9H2,1H3/t10-,13-/m0/s1. The third kappa shape index (κ3) is 2.00. The number of nitrogens with one attached hydrogen (secondary N) is 1. The first-order chi connectivity index (χ1) is 8.70. The molecule has 0 aromatic rings. The molecule has 0 unspecified atom stereocenters. The molecule has 3 heterocycles. The highest BCUT2D eigenvalue weighted by atomic mass is 16.7. The van der Waals surface area contributed by atoms with Crippen molar-refractivity contribution in [1.29, 1.82) is 0 Å². The average Bonchev–Trinajstić information content (AvgIpc) is 2.97. The van der Waals surface area contributed by atoms with Crippen LogP contribution in [0.3, 0.4) is 0 Å². The van der Waals surface area contributed by atoms with E-state index in [-0.39, 0.29) is 11.5 Å². The molecule has 2 fully saturated rings. The van der Waals surface area contributed by atoms with Crippen LogP contribution in [0.1, 0.15) is 39.0 Å². The fourth-order valence-electron chi connectivity index (χ4n) is 3.21. The number of hydrogen-bond donors (Lipinski definition) is 1. The number of likely N-dealkylation sites (tertiary alicyclic amines) is 1. The summed E-state index contributed by atoms with van der Waals surface area (Å²) in [7, 11) is 0. The zero-order valence-electron chi connectivity index (χ0n) is 10.9. The van der Waals surface area contributed by atoms with E-state index in [0.717, 1.165) is 45.3 Å². The molecular formula is C13H21N3O2. The first-order valence-corrected chi connectivity index (χ1v) is 6.97. The van der Waals surface area contributed by atoms with Crippen LogP contribution in [0.4, 0.5) is 0 Å². The van der Waals surface area contributed by atoms with Crippen molar-refractivity contribution in [2.45, 2.75) is 50.7 Å². The van der Waals surface area contributed by atoms with Crippen molar-refractivity contribution in [2.24, 2.45) is 5.16 Å². The molecule has 5 nitrogen and oxygen atoms in total. The Morgan fingerprint density at radius 3 is 3.11 bits per heavy atom. The van der Waals surface area contributed by atoms with E-state index in [9.17, 15) is 4.79 Å². The molecule has 1 amide bonds. The molecule has 0 radical (unpaired) electrons. The number of piperidine rings is 1. The van der Waals surface area contributed by atoms with Gasteiger partial charge in [0, 0.05) is 25.6 Å². The molecule has 0 aromatic heterocycles. The number of rotatable bonds is 1. The topological polar surface area (TPSA) is 53.9 Å². The Balaban J connectivity index is 1.66. The van der Waals surface area contributed by atoms with Crippen LogP contribution < -0.4 is 5.32 Å². The van der Waals surface area contributed by atoms with Gasteiger partial charge in [0.15, 0.2) is 5.60 Å². The maximum Gasteiger partial charge on any atom is 0.272 e. The van der Waals surface area contributed by atoms with Crippen LogP contribution >= 0.6 is 0 Å². The fraction of sp³-hybridized carbons (Fsp3) is 0.846. The Morgan fingerprint density at radius 1 is 1.56 bits per heavy atom. The number of oxime groups is 1. The maximum atomic E-state index is 12.4. The Kier molecular flexibility index (Phi) is 3.01. The molecule has 100 valence electrons. The Labute approximate surface area is 108 Å². The highest BCUT2D eigenvalue weighted by Crippen LogP contribution is 2.31. The summed E-state index contributed by atoms with van der Waals surface area (Å²) >= 11 is 0. The highest BCUT2D eigenvalue weighted by molar-refractivity contribution is 6.39. The molecular weight excluding hydrogens is 230 g/mol. The summed E-state index contributed by atoms with van der Waals surface area (Å²) in [5.74, 6) is 0.0856. The Bertz CT molecular complexity index is 374. The monoisotopic (exact) mass is 251 g/mol. The quantitative estimate of drug-likeness (QED) is 0.753. The molecule has 1 N–H and O–H groups in total. The second-order valence-corrected chi connectivity index (χ2v) is 5.76. The lowest BCUT2D eigenvalue weighted by Gasteiger charge is -2.31. The average molecular weight is 251 g/mol. The van der Waals surface area contributed by atoms with Gasteiger partial charge in [-0.25, -0.2) is 0 Å². The van der Waals surface area contributed by atoms with Crippen molar-refractivity contribution in [2.75, 3.05) is 19.6 Å². The van der Waals surface area contributed by atoms with Gasteiger partial charge in [-0.3, -0.25) is 4.79 Å². The lowest BCUT2D eigenvalue weighted by molar-refractivity contribution is -0.124. The second-order valence-electron chi connectivity index (χ2n) is 5.76. The number of amides is 1. The van der Waals surface area contributed by atoms with Gasteiger partial charge in [-0.05, 0) is 39.2 Å². The van der Waals surface area contributed by atoms with Crippen molar-refractivity contribution in [3.05, 3.63) is 0 Å². The molecule has 18 heavy (non-hydrogen) atoms. The summed E-state index contributed by atoms with van der Waals surface area (Å²) in [5.41, 5.74) is 0.374. The molecule has 0 aliphatic carbocycles. The van der Waals surface area contributed by atoms with Crippen molar-refractivity contribution >= 4 is 11.6 Å². The minimum Gasteiger partial charge on any atom is -0.387 e. The van der Waals surface area contributed by atoms with Crippen LogP contribution in [0.2, 0.25) is 0 Å². The van der Waals surface area contributed by atoms with Crippen molar-refractivity contribution < 1.29 is 9.63 Å². The molecule has 0 bridgehead atoms. The molecule has 2 atom stereocenters. The predicted molar refractivity (Wildman–Crippen MR) is 68.4 cm³/mol. The maximum absolute atomic E-state index is 12.4. The molecule has 3 aliphatic rings. The van der Waals surface area contributed by atoms with E-state index < -0.39 is 0 Å². The Hall–Kier alpha value is -1.10. The summed E-state index contributed by atoms with van der Waals surface area (Å²) < 4.78 is 0. The van der Waals surface area contributed by atoms with Crippen LogP contribution in [0.5, 0.6) is 0 Å². The van der Waals surface area contributed by atoms with Crippen molar-refractivity contribution in [1.82, 2.24) is 10.2 Å². The van der Waals surface area contributed by atoms with Gasteiger partial charge in [0.2, 0.25) is 0 Å². The van der Waals surface area contributed by atoms with E-state index in [4.69, 9.17) is 4.84 Å². The van der Waals surface area contributed by atoms with Gasteiger partial charge in [-0.2, -0.15) is 0 Å². The summed E-state index contributed by atoms with van der Waals surface area (Å²) in [5, 5.41) is 7.41. The highest BCUT2D eigenvalue weighted by Gasteiger charge is 2.43. The van der Waals surface area contributed by atoms with Crippen LogP contribution in [-0.4, -0.2) is 47.8 Å². The van der Waals surface area contributed by atoms with Crippen LogP contribution in [0.25, 0.3) is 0 Å². The minimum atomic E-state index is -0.244. The predicted octanol–water partition coefficient (Wildman–Crippen LogP) is 0.896. The summed E-state index contributed by atoms with van der Waals surface area (Å²) in [4.78, 5) is 19.9. The van der Waals surface area contributed by atoms with Crippen molar-refractivity contribution in [3.63, 3.8) is 0 Å². The molecule has 3 rings (SSSR count). The van der Waals surface area contributed by atoms with Gasteiger partial charge < -0.3 is 15.1 Å². The zero-order chi connectivity index (χ0) is 12.6. The van der Waals surface area contributed by atoms with E-state index >= 15 is 0 Å². The van der Waals surface area contributed by atoms with Gasteiger partial charge in [0.1, 0.15) is 5.71 Å². The van der Waals surface area contributed by atoms with Gasteiger partial charge in [-0.1, -0.05) is 5.16 Å². The van der Waals surface area contributed by atoms with Crippen LogP contribution in [0, 0.1) is 0 Å². The molecule has 0 aromatic carbocycles. The van der Waals surface area contributed by atoms with Crippen LogP contribution in [-0.2, 0) is 9.63 Å². The molecule has 3 aliphatic heterocycles. The number of carbonyl (C=O) groups excluding carboxylic acids is 1. The van der Waals surface area contributed by atoms with Gasteiger partial charge in [-0.15, -0.1) is 0 Å². The summed E-state index contributed by atoms with van der Waals surface area (Å²) in [6, 6.07) is 0.348. The first-order valence-electron chi connectivity index (χ1n) is 6.97. The smallest absolute Gasteiger partial charge is 0.272 e. The van der Waals surface area contributed by atoms with E-state index in [2.05, 4.69) is 17.4 Å². The van der Waals surface area contributed by atoms with Gasteiger partial charge >= 0.3 is 0 Å². The lowest BCUT2D eigenvalue weighted by atomic mass is 9.89.